The van der Waals surface area contributed by atoms with Crippen LogP contribution in [-0.2, 0) is 14.8 Å². The molecule has 0 spiro atoms. The third kappa shape index (κ3) is 3.07. The number of carbonyl (C=O) groups is 1. The quantitative estimate of drug-likeness (QED) is 0.900. The van der Waals surface area contributed by atoms with Gasteiger partial charge in [0.25, 0.3) is 10.0 Å². The van der Waals surface area contributed by atoms with Crippen LogP contribution in [0.1, 0.15) is 19.0 Å². The molecule has 0 aliphatic carbocycles. The summed E-state index contributed by atoms with van der Waals surface area (Å²) < 4.78 is 26.6. The molecule has 106 valence electrons. The van der Waals surface area contributed by atoms with E-state index in [2.05, 4.69) is 10.3 Å². The molecule has 1 aromatic rings. The minimum Gasteiger partial charge on any atom is -0.352 e. The van der Waals surface area contributed by atoms with Crippen molar-refractivity contribution in [3.8, 4) is 0 Å². The number of sulfonamides is 1. The molecule has 2 rings (SSSR count). The van der Waals surface area contributed by atoms with Gasteiger partial charge < -0.3 is 5.32 Å². The summed E-state index contributed by atoms with van der Waals surface area (Å²) in [4.78, 5) is 14.9. The van der Waals surface area contributed by atoms with Crippen LogP contribution in [0, 0.1) is 6.92 Å². The highest BCUT2D eigenvalue weighted by atomic mass is 35.5. The van der Waals surface area contributed by atoms with Crippen LogP contribution in [-0.4, -0.2) is 42.7 Å². The molecule has 1 fully saturated rings. The Morgan fingerprint density at radius 2 is 2.26 bits per heavy atom. The average Bonchev–Trinajstić information content (AvgIpc) is 2.85. The number of aromatic nitrogens is 1. The second-order valence-corrected chi connectivity index (χ2v) is 8.10. The van der Waals surface area contributed by atoms with Gasteiger partial charge in [-0.05, 0) is 13.3 Å². The predicted octanol–water partition coefficient (Wildman–Crippen LogP) is 1.00. The largest absolute Gasteiger partial charge is 0.352 e. The second kappa shape index (κ2) is 5.35. The van der Waals surface area contributed by atoms with Gasteiger partial charge in [-0.1, -0.05) is 22.9 Å². The molecule has 1 atom stereocenters. The molecular formula is C10H14ClN3O3S2. The molecule has 0 aromatic carbocycles. The molecule has 1 saturated heterocycles. The lowest BCUT2D eigenvalue weighted by Crippen LogP contribution is -2.37. The van der Waals surface area contributed by atoms with Crippen molar-refractivity contribution in [2.24, 2.45) is 0 Å². The van der Waals surface area contributed by atoms with Crippen LogP contribution in [0.3, 0.4) is 0 Å². The highest BCUT2D eigenvalue weighted by molar-refractivity contribution is 7.91. The first-order valence-electron chi connectivity index (χ1n) is 5.71. The van der Waals surface area contributed by atoms with E-state index in [1.54, 1.807) is 6.92 Å². The summed E-state index contributed by atoms with van der Waals surface area (Å²) in [5.41, 5.74) is 0.415. The smallest absolute Gasteiger partial charge is 0.254 e. The van der Waals surface area contributed by atoms with Crippen LogP contribution < -0.4 is 5.32 Å². The fourth-order valence-electron chi connectivity index (χ4n) is 2.06. The van der Waals surface area contributed by atoms with Crippen molar-refractivity contribution in [2.45, 2.75) is 30.5 Å². The lowest BCUT2D eigenvalue weighted by molar-refractivity contribution is -0.119. The Bertz CT molecular complexity index is 599. The Labute approximate surface area is 120 Å². The molecular weight excluding hydrogens is 310 g/mol. The Hall–Kier alpha value is -0.700. The monoisotopic (exact) mass is 323 g/mol. The molecule has 1 aromatic heterocycles. The number of amides is 1. The van der Waals surface area contributed by atoms with Crippen LogP contribution in [0.25, 0.3) is 0 Å². The van der Waals surface area contributed by atoms with Crippen molar-refractivity contribution in [3.05, 3.63) is 10.2 Å². The molecule has 0 radical (unpaired) electrons. The van der Waals surface area contributed by atoms with Crippen LogP contribution in [0.4, 0.5) is 0 Å². The maximum Gasteiger partial charge on any atom is 0.254 e. The maximum atomic E-state index is 12.4. The van der Waals surface area contributed by atoms with Crippen molar-refractivity contribution < 1.29 is 13.2 Å². The highest BCUT2D eigenvalue weighted by Crippen LogP contribution is 2.30. The molecule has 6 nitrogen and oxygen atoms in total. The van der Waals surface area contributed by atoms with Crippen molar-refractivity contribution in [1.29, 1.82) is 0 Å². The van der Waals surface area contributed by atoms with Crippen molar-refractivity contribution >= 4 is 38.9 Å². The summed E-state index contributed by atoms with van der Waals surface area (Å²) in [7, 11) is -3.56. The summed E-state index contributed by atoms with van der Waals surface area (Å²) in [6.45, 7) is 3.72. The third-order valence-corrected chi connectivity index (χ3v) is 6.57. The van der Waals surface area contributed by atoms with E-state index in [0.29, 0.717) is 18.7 Å². The predicted molar refractivity (Wildman–Crippen MR) is 72.8 cm³/mol. The molecule has 19 heavy (non-hydrogen) atoms. The first kappa shape index (κ1) is 14.7. The lowest BCUT2D eigenvalue weighted by Gasteiger charge is -2.15. The van der Waals surface area contributed by atoms with Gasteiger partial charge in [-0.15, -0.1) is 0 Å². The Morgan fingerprint density at radius 1 is 1.58 bits per heavy atom. The Morgan fingerprint density at radius 3 is 2.79 bits per heavy atom. The van der Waals surface area contributed by atoms with E-state index < -0.39 is 10.0 Å². The Kier molecular flexibility index (Phi) is 4.14. The second-order valence-electron chi connectivity index (χ2n) is 4.39. The van der Waals surface area contributed by atoms with E-state index in [-0.39, 0.29) is 27.2 Å². The summed E-state index contributed by atoms with van der Waals surface area (Å²) in [6, 6.07) is -0.129. The zero-order valence-electron chi connectivity index (χ0n) is 10.5. The molecule has 1 amide bonds. The molecule has 0 bridgehead atoms. The summed E-state index contributed by atoms with van der Waals surface area (Å²) in [6.07, 6.45) is 0.615. The van der Waals surface area contributed by atoms with Gasteiger partial charge in [-0.25, -0.2) is 13.4 Å². The summed E-state index contributed by atoms with van der Waals surface area (Å²) in [5.74, 6) is -0.152. The lowest BCUT2D eigenvalue weighted by atomic mass is 10.3. The van der Waals surface area contributed by atoms with E-state index in [1.807, 2.05) is 0 Å². The van der Waals surface area contributed by atoms with Gasteiger partial charge >= 0.3 is 0 Å². The first-order valence-corrected chi connectivity index (χ1v) is 8.34. The zero-order chi connectivity index (χ0) is 14.2. The molecule has 1 unspecified atom stereocenters. The number of nitrogens with one attached hydrogen (secondary N) is 1. The number of thiazole rings is 1. The van der Waals surface area contributed by atoms with E-state index in [1.165, 1.54) is 11.2 Å². The van der Waals surface area contributed by atoms with Crippen LogP contribution in [0.2, 0.25) is 4.47 Å². The number of rotatable bonds is 3. The summed E-state index contributed by atoms with van der Waals surface area (Å²) >= 11 is 6.70. The SMILES string of the molecule is CC(=O)NC1CCN(S(=O)(=O)c2sc(Cl)nc2C)C1. The fourth-order valence-corrected chi connectivity index (χ4v) is 5.43. The molecule has 1 N–H and O–H groups in total. The van der Waals surface area contributed by atoms with Gasteiger partial charge in [0.05, 0.1) is 5.69 Å². The number of hydrogen-bond acceptors (Lipinski definition) is 5. The average molecular weight is 324 g/mol. The van der Waals surface area contributed by atoms with Gasteiger partial charge in [-0.3, -0.25) is 4.79 Å². The van der Waals surface area contributed by atoms with E-state index in [0.717, 1.165) is 11.3 Å². The Balaban J connectivity index is 2.18. The van der Waals surface area contributed by atoms with Gasteiger partial charge in [0.2, 0.25) is 5.91 Å². The van der Waals surface area contributed by atoms with Crippen LogP contribution in [0.5, 0.6) is 0 Å². The van der Waals surface area contributed by atoms with Crippen LogP contribution >= 0.6 is 22.9 Å². The van der Waals surface area contributed by atoms with Crippen molar-refractivity contribution in [1.82, 2.24) is 14.6 Å². The van der Waals surface area contributed by atoms with Crippen molar-refractivity contribution in [3.63, 3.8) is 0 Å². The van der Waals surface area contributed by atoms with E-state index in [9.17, 15) is 13.2 Å². The van der Waals surface area contributed by atoms with E-state index >= 15 is 0 Å². The zero-order valence-corrected chi connectivity index (χ0v) is 12.9. The molecule has 1 aliphatic heterocycles. The van der Waals surface area contributed by atoms with Gasteiger partial charge in [-0.2, -0.15) is 4.31 Å². The molecule has 9 heteroatoms. The first-order chi connectivity index (χ1) is 8.80. The maximum absolute atomic E-state index is 12.4. The fraction of sp³-hybridized carbons (Fsp3) is 0.600. The standard InChI is InChI=1S/C10H14ClN3O3S2/c1-6-9(18-10(11)12-6)19(16,17)14-4-3-8(5-14)13-7(2)15/h8H,3-5H2,1-2H3,(H,13,15). The van der Waals surface area contributed by atoms with Gasteiger partial charge in [0.1, 0.15) is 0 Å². The van der Waals surface area contributed by atoms with Gasteiger partial charge in [0, 0.05) is 26.1 Å². The minimum absolute atomic E-state index is 0.129. The number of aryl methyl sites for hydroxylation is 1. The third-order valence-electron chi connectivity index (χ3n) is 2.86. The van der Waals surface area contributed by atoms with E-state index in [4.69, 9.17) is 11.6 Å². The van der Waals surface area contributed by atoms with Crippen LogP contribution in [0.15, 0.2) is 4.21 Å². The summed E-state index contributed by atoms with van der Waals surface area (Å²) in [5, 5.41) is 2.73. The highest BCUT2D eigenvalue weighted by Gasteiger charge is 2.35. The van der Waals surface area contributed by atoms with Crippen molar-refractivity contribution in [2.75, 3.05) is 13.1 Å². The minimum atomic E-state index is -3.56. The number of halogens is 1. The molecule has 0 saturated carbocycles. The number of hydrogen-bond donors (Lipinski definition) is 1. The molecule has 1 aliphatic rings. The topological polar surface area (TPSA) is 79.4 Å². The normalized spacial score (nSPS) is 20.7. The molecule has 2 heterocycles. The number of carbonyl (C=O) groups excluding carboxylic acids is 1. The number of nitrogens with zero attached hydrogens (tertiary/aromatic N) is 2. The van der Waals surface area contributed by atoms with Gasteiger partial charge in [0.15, 0.2) is 8.68 Å².